The lowest BCUT2D eigenvalue weighted by atomic mass is 10.1. The number of nitrogens with zero attached hydrogens (tertiary/aromatic N) is 1. The van der Waals surface area contributed by atoms with Gasteiger partial charge in [-0.15, -0.1) is 11.3 Å². The number of nitrogens with one attached hydrogen (secondary N) is 2. The van der Waals surface area contributed by atoms with Gasteiger partial charge in [0.15, 0.2) is 12.8 Å². The molecule has 1 aliphatic rings. The van der Waals surface area contributed by atoms with E-state index in [1.165, 1.54) is 17.0 Å². The van der Waals surface area contributed by atoms with Crippen LogP contribution >= 0.6 is 11.3 Å². The highest BCUT2D eigenvalue weighted by Crippen LogP contribution is 2.29. The fourth-order valence-corrected chi connectivity index (χ4v) is 3.53. The van der Waals surface area contributed by atoms with Crippen LogP contribution in [0.5, 0.6) is 5.75 Å². The molecule has 3 rings (SSSR count). The molecule has 1 aromatic carbocycles. The third kappa shape index (κ3) is 5.19. The van der Waals surface area contributed by atoms with Crippen molar-refractivity contribution in [2.75, 3.05) is 26.4 Å². The van der Waals surface area contributed by atoms with Crippen LogP contribution < -0.4 is 15.4 Å². The predicted octanol–water partition coefficient (Wildman–Crippen LogP) is 3.09. The summed E-state index contributed by atoms with van der Waals surface area (Å²) < 4.78 is 24.6. The molecule has 0 unspecified atom stereocenters. The molecule has 0 aliphatic carbocycles. The summed E-state index contributed by atoms with van der Waals surface area (Å²) in [7, 11) is 0. The summed E-state index contributed by atoms with van der Waals surface area (Å²) in [6.07, 6.45) is 1.58. The zero-order valence-electron chi connectivity index (χ0n) is 14.9. The third-order valence-corrected chi connectivity index (χ3v) is 4.93. The molecule has 0 atom stereocenters. The van der Waals surface area contributed by atoms with Crippen LogP contribution in [0.4, 0.5) is 4.39 Å². The number of guanidine groups is 1. The van der Waals surface area contributed by atoms with Gasteiger partial charge in [0.2, 0.25) is 0 Å². The highest BCUT2D eigenvalue weighted by molar-refractivity contribution is 7.09. The minimum absolute atomic E-state index is 0.214. The molecular formula is C19H24FN3O2S. The third-order valence-electron chi connectivity index (χ3n) is 3.99. The van der Waals surface area contributed by atoms with Gasteiger partial charge in [-0.2, -0.15) is 0 Å². The van der Waals surface area contributed by atoms with E-state index >= 15 is 0 Å². The number of hydrogen-bond acceptors (Lipinski definition) is 4. The number of fused-ring (bicyclic) bond motifs is 1. The average molecular weight is 377 g/mol. The second-order valence-corrected chi connectivity index (χ2v) is 6.96. The molecule has 2 N–H and O–H groups in total. The molecule has 0 bridgehead atoms. The summed E-state index contributed by atoms with van der Waals surface area (Å²) in [5.74, 6) is 1.27. The van der Waals surface area contributed by atoms with Crippen molar-refractivity contribution in [2.45, 2.75) is 26.4 Å². The van der Waals surface area contributed by atoms with Crippen LogP contribution in [-0.2, 0) is 24.2 Å². The van der Waals surface area contributed by atoms with E-state index in [9.17, 15) is 4.39 Å². The predicted molar refractivity (Wildman–Crippen MR) is 102 cm³/mol. The SMILES string of the molecule is CCNC(=NCCc1cccs1)NCCc1cc(F)cc2c1OCOC2. The van der Waals surface area contributed by atoms with E-state index < -0.39 is 0 Å². The molecule has 5 nitrogen and oxygen atoms in total. The van der Waals surface area contributed by atoms with Gasteiger partial charge in [-0.1, -0.05) is 6.07 Å². The maximum Gasteiger partial charge on any atom is 0.191 e. The Morgan fingerprint density at radius 1 is 1.31 bits per heavy atom. The van der Waals surface area contributed by atoms with Gasteiger partial charge in [-0.05, 0) is 42.5 Å². The number of rotatable bonds is 7. The fraction of sp³-hybridized carbons (Fsp3) is 0.421. The molecule has 0 saturated carbocycles. The van der Waals surface area contributed by atoms with Crippen molar-refractivity contribution in [1.29, 1.82) is 0 Å². The molecular weight excluding hydrogens is 353 g/mol. The molecule has 2 aromatic rings. The van der Waals surface area contributed by atoms with E-state index in [0.717, 1.165) is 42.3 Å². The summed E-state index contributed by atoms with van der Waals surface area (Å²) in [4.78, 5) is 5.93. The van der Waals surface area contributed by atoms with Gasteiger partial charge in [-0.25, -0.2) is 4.39 Å². The standard InChI is InChI=1S/C19H24FN3O2S/c1-2-21-19(23-8-6-17-4-3-9-26-17)22-7-5-14-10-16(20)11-15-12-24-13-25-18(14)15/h3-4,9-11H,2,5-8,12-13H2,1H3,(H2,21,22,23). The molecule has 26 heavy (non-hydrogen) atoms. The van der Waals surface area contributed by atoms with E-state index in [4.69, 9.17) is 9.47 Å². The Bertz CT molecular complexity index is 735. The summed E-state index contributed by atoms with van der Waals surface area (Å²) in [5.41, 5.74) is 1.62. The van der Waals surface area contributed by atoms with E-state index in [1.807, 2.05) is 6.92 Å². The van der Waals surface area contributed by atoms with Crippen molar-refractivity contribution in [3.63, 3.8) is 0 Å². The van der Waals surface area contributed by atoms with E-state index in [0.29, 0.717) is 19.6 Å². The van der Waals surface area contributed by atoms with Crippen LogP contribution in [0.2, 0.25) is 0 Å². The van der Waals surface area contributed by atoms with E-state index in [1.54, 1.807) is 11.3 Å². The number of ether oxygens (including phenoxy) is 2. The van der Waals surface area contributed by atoms with Gasteiger partial charge < -0.3 is 20.1 Å². The smallest absolute Gasteiger partial charge is 0.191 e. The first-order valence-electron chi connectivity index (χ1n) is 8.82. The maximum atomic E-state index is 13.8. The van der Waals surface area contributed by atoms with Crippen LogP contribution in [0.15, 0.2) is 34.6 Å². The molecule has 0 amide bonds. The Balaban J connectivity index is 1.55. The average Bonchev–Trinajstić information content (AvgIpc) is 3.15. The first kappa shape index (κ1) is 18.7. The van der Waals surface area contributed by atoms with Crippen LogP contribution in [0.1, 0.15) is 22.9 Å². The molecule has 1 aromatic heterocycles. The number of hydrogen-bond donors (Lipinski definition) is 2. The Labute approximate surface area is 157 Å². The summed E-state index contributed by atoms with van der Waals surface area (Å²) in [6.45, 7) is 4.80. The second-order valence-electron chi connectivity index (χ2n) is 5.93. The molecule has 0 fully saturated rings. The number of aliphatic imine (C=N–C) groups is 1. The highest BCUT2D eigenvalue weighted by Gasteiger charge is 2.16. The molecule has 7 heteroatoms. The highest BCUT2D eigenvalue weighted by atomic mass is 32.1. The zero-order valence-corrected chi connectivity index (χ0v) is 15.7. The van der Waals surface area contributed by atoms with Crippen molar-refractivity contribution in [1.82, 2.24) is 10.6 Å². The van der Waals surface area contributed by atoms with Gasteiger partial charge in [-0.3, -0.25) is 4.99 Å². The Morgan fingerprint density at radius 2 is 2.23 bits per heavy atom. The molecule has 0 radical (unpaired) electrons. The molecule has 2 heterocycles. The van der Waals surface area contributed by atoms with Gasteiger partial charge in [0.05, 0.1) is 6.61 Å². The largest absolute Gasteiger partial charge is 0.467 e. The Morgan fingerprint density at radius 3 is 3.04 bits per heavy atom. The molecule has 0 spiro atoms. The fourth-order valence-electron chi connectivity index (χ4n) is 2.83. The van der Waals surface area contributed by atoms with Crippen LogP contribution in [0.3, 0.4) is 0 Å². The van der Waals surface area contributed by atoms with Crippen molar-refractivity contribution >= 4 is 17.3 Å². The zero-order chi connectivity index (χ0) is 18.2. The van der Waals surface area contributed by atoms with Gasteiger partial charge in [0, 0.05) is 36.5 Å². The van der Waals surface area contributed by atoms with Crippen LogP contribution in [0, 0.1) is 5.82 Å². The normalized spacial score (nSPS) is 13.8. The quantitative estimate of drug-likeness (QED) is 0.575. The number of thiophene rings is 1. The lowest BCUT2D eigenvalue weighted by molar-refractivity contribution is -0.0172. The minimum atomic E-state index is -0.260. The van der Waals surface area contributed by atoms with Crippen molar-refractivity contribution < 1.29 is 13.9 Å². The summed E-state index contributed by atoms with van der Waals surface area (Å²) in [5, 5.41) is 8.63. The van der Waals surface area contributed by atoms with Gasteiger partial charge in [0.25, 0.3) is 0 Å². The lowest BCUT2D eigenvalue weighted by Crippen LogP contribution is -2.38. The van der Waals surface area contributed by atoms with Crippen molar-refractivity contribution in [3.8, 4) is 5.75 Å². The minimum Gasteiger partial charge on any atom is -0.467 e. The van der Waals surface area contributed by atoms with Gasteiger partial charge >= 0.3 is 0 Å². The summed E-state index contributed by atoms with van der Waals surface area (Å²) in [6, 6.07) is 7.19. The number of halogens is 1. The van der Waals surface area contributed by atoms with E-state index in [2.05, 4.69) is 33.1 Å². The van der Waals surface area contributed by atoms with Gasteiger partial charge in [0.1, 0.15) is 11.6 Å². The number of benzene rings is 1. The van der Waals surface area contributed by atoms with Crippen LogP contribution in [-0.4, -0.2) is 32.4 Å². The Hall–Kier alpha value is -2.12. The summed E-state index contributed by atoms with van der Waals surface area (Å²) >= 11 is 1.75. The molecule has 1 aliphatic heterocycles. The van der Waals surface area contributed by atoms with E-state index in [-0.39, 0.29) is 12.6 Å². The Kier molecular flexibility index (Phi) is 6.85. The second kappa shape index (κ2) is 9.54. The molecule has 0 saturated heterocycles. The monoisotopic (exact) mass is 377 g/mol. The first-order chi connectivity index (χ1) is 12.8. The topological polar surface area (TPSA) is 54.9 Å². The maximum absolute atomic E-state index is 13.8. The molecule has 140 valence electrons. The van der Waals surface area contributed by atoms with Crippen LogP contribution in [0.25, 0.3) is 0 Å². The lowest BCUT2D eigenvalue weighted by Gasteiger charge is -2.21. The van der Waals surface area contributed by atoms with Crippen molar-refractivity contribution in [2.24, 2.45) is 4.99 Å². The van der Waals surface area contributed by atoms with Crippen molar-refractivity contribution in [3.05, 3.63) is 51.5 Å². The first-order valence-corrected chi connectivity index (χ1v) is 9.70.